The van der Waals surface area contributed by atoms with Crippen molar-refractivity contribution in [2.24, 2.45) is 0 Å². The third kappa shape index (κ3) is 6.58. The number of carboxylic acid groups (broad SMARTS) is 1. The van der Waals surface area contributed by atoms with E-state index in [-0.39, 0.29) is 27.6 Å². The second kappa shape index (κ2) is 12.4. The second-order valence-electron chi connectivity index (χ2n) is 9.55. The zero-order chi connectivity index (χ0) is 31.8. The summed E-state index contributed by atoms with van der Waals surface area (Å²) in [4.78, 5) is 35.5. The third-order valence-electron chi connectivity index (χ3n) is 6.64. The van der Waals surface area contributed by atoms with Gasteiger partial charge in [0.05, 0.1) is 28.4 Å². The number of nitrogens with zero attached hydrogens (tertiary/aromatic N) is 2. The smallest absolute Gasteiger partial charge is 0.399 e. The van der Waals surface area contributed by atoms with Crippen LogP contribution < -0.4 is 4.90 Å². The highest BCUT2D eigenvalue weighted by atomic mass is 79.9. The van der Waals surface area contributed by atoms with E-state index >= 15 is 0 Å². The predicted molar refractivity (Wildman–Crippen MR) is 167 cm³/mol. The molecule has 5 rings (SSSR count). The number of alkyl halides is 2. The molecule has 0 saturated carbocycles. The zero-order valence-corrected chi connectivity index (χ0v) is 26.2. The molecule has 0 atom stereocenters. The molecule has 0 fully saturated rings. The first kappa shape index (κ1) is 31.8. The molecule has 0 aliphatic heterocycles. The SMILES string of the molecule is O=C(O)c1ccc(-c2ccc(-c3cnc(N(Cc4ccc(C(F)(F)P(=O)(O)O)c(Br)c4)c4ccc(Cl)c(Cl)c4)o3)cc2)cc1. The highest BCUT2D eigenvalue weighted by Crippen LogP contribution is 2.60. The molecular formula is C30H20BrCl2F2N2O6P. The lowest BCUT2D eigenvalue weighted by atomic mass is 10.0. The number of aromatic carboxylic acids is 1. The molecule has 1 aromatic heterocycles. The van der Waals surface area contributed by atoms with Crippen LogP contribution in [0.4, 0.5) is 20.5 Å². The van der Waals surface area contributed by atoms with E-state index < -0.39 is 24.8 Å². The summed E-state index contributed by atoms with van der Waals surface area (Å²) in [6.45, 7) is 0.0452. The van der Waals surface area contributed by atoms with E-state index in [0.29, 0.717) is 27.6 Å². The summed E-state index contributed by atoms with van der Waals surface area (Å²) >= 11 is 15.4. The predicted octanol–water partition coefficient (Wildman–Crippen LogP) is 9.34. The first-order valence-corrected chi connectivity index (χ1v) is 15.8. The average molecular weight is 724 g/mol. The van der Waals surface area contributed by atoms with Crippen molar-refractivity contribution in [3.05, 3.63) is 122 Å². The van der Waals surface area contributed by atoms with Gasteiger partial charge in [0.15, 0.2) is 5.76 Å². The zero-order valence-electron chi connectivity index (χ0n) is 22.2. The van der Waals surface area contributed by atoms with Gasteiger partial charge in [-0.15, -0.1) is 0 Å². The van der Waals surface area contributed by atoms with Gasteiger partial charge >= 0.3 is 25.2 Å². The summed E-state index contributed by atoms with van der Waals surface area (Å²) in [6.07, 6.45) is 1.52. The fourth-order valence-corrected chi connectivity index (χ4v) is 5.95. The lowest BCUT2D eigenvalue weighted by Gasteiger charge is -2.23. The van der Waals surface area contributed by atoms with Crippen LogP contribution in [0.2, 0.25) is 10.0 Å². The van der Waals surface area contributed by atoms with Crippen LogP contribution in [0, 0.1) is 0 Å². The number of carboxylic acids is 1. The molecule has 0 aliphatic rings. The third-order valence-corrected chi connectivity index (χ3v) is 9.01. The number of halogens is 5. The summed E-state index contributed by atoms with van der Waals surface area (Å²) in [7, 11) is -5.77. The van der Waals surface area contributed by atoms with Crippen LogP contribution in [0.25, 0.3) is 22.5 Å². The average Bonchev–Trinajstić information content (AvgIpc) is 3.47. The van der Waals surface area contributed by atoms with Crippen LogP contribution in [0.15, 0.2) is 100 Å². The van der Waals surface area contributed by atoms with Crippen molar-refractivity contribution in [2.75, 3.05) is 4.90 Å². The van der Waals surface area contributed by atoms with Crippen molar-refractivity contribution in [3.8, 4) is 22.5 Å². The molecule has 3 N–H and O–H groups in total. The summed E-state index contributed by atoms with van der Waals surface area (Å²) < 4.78 is 46.1. The van der Waals surface area contributed by atoms with E-state index in [4.69, 9.17) is 42.5 Å². The molecule has 0 spiro atoms. The molecule has 0 saturated heterocycles. The topological polar surface area (TPSA) is 124 Å². The molecular weight excluding hydrogens is 704 g/mol. The number of hydrogen-bond acceptors (Lipinski definition) is 5. The monoisotopic (exact) mass is 722 g/mol. The van der Waals surface area contributed by atoms with Crippen molar-refractivity contribution in [1.82, 2.24) is 4.98 Å². The number of aromatic nitrogens is 1. The van der Waals surface area contributed by atoms with Crippen molar-refractivity contribution in [1.29, 1.82) is 0 Å². The van der Waals surface area contributed by atoms with Gasteiger partial charge in [0.25, 0.3) is 0 Å². The van der Waals surface area contributed by atoms with Gasteiger partial charge in [-0.2, -0.15) is 8.78 Å². The van der Waals surface area contributed by atoms with Crippen molar-refractivity contribution in [3.63, 3.8) is 0 Å². The van der Waals surface area contributed by atoms with E-state index in [2.05, 4.69) is 20.9 Å². The molecule has 14 heteroatoms. The van der Waals surface area contributed by atoms with Crippen LogP contribution >= 0.6 is 46.7 Å². The largest absolute Gasteiger partial charge is 0.478 e. The number of oxazole rings is 1. The first-order chi connectivity index (χ1) is 20.7. The highest BCUT2D eigenvalue weighted by molar-refractivity contribution is 9.10. The van der Waals surface area contributed by atoms with Gasteiger partial charge in [-0.05, 0) is 53.1 Å². The maximum Gasteiger partial charge on any atom is 0.399 e. The molecule has 0 unspecified atom stereocenters. The Kier molecular flexibility index (Phi) is 9.00. The lowest BCUT2D eigenvalue weighted by Crippen LogP contribution is -2.18. The molecule has 0 amide bonds. The van der Waals surface area contributed by atoms with Gasteiger partial charge < -0.3 is 19.3 Å². The van der Waals surface area contributed by atoms with Crippen LogP contribution in [-0.4, -0.2) is 25.8 Å². The number of benzene rings is 4. The normalized spacial score (nSPS) is 11.9. The van der Waals surface area contributed by atoms with E-state index in [1.165, 1.54) is 30.5 Å². The quantitative estimate of drug-likeness (QED) is 0.129. The highest BCUT2D eigenvalue weighted by Gasteiger charge is 2.51. The van der Waals surface area contributed by atoms with Gasteiger partial charge in [-0.1, -0.05) is 87.7 Å². The molecule has 4 aromatic carbocycles. The maximum absolute atomic E-state index is 14.4. The molecule has 5 aromatic rings. The van der Waals surface area contributed by atoms with Crippen molar-refractivity contribution < 1.29 is 37.5 Å². The Morgan fingerprint density at radius 1 is 0.909 bits per heavy atom. The summed E-state index contributed by atoms with van der Waals surface area (Å²) in [6, 6.07) is 22.4. The Labute approximate surface area is 267 Å². The van der Waals surface area contributed by atoms with Gasteiger partial charge in [0, 0.05) is 21.3 Å². The molecule has 0 radical (unpaired) electrons. The molecule has 0 aliphatic carbocycles. The van der Waals surface area contributed by atoms with Gasteiger partial charge in [0.2, 0.25) is 0 Å². The number of hydrogen-bond donors (Lipinski definition) is 3. The Morgan fingerprint density at radius 3 is 2.09 bits per heavy atom. The van der Waals surface area contributed by atoms with Crippen LogP contribution in [0.1, 0.15) is 21.5 Å². The minimum Gasteiger partial charge on any atom is -0.478 e. The fraction of sp³-hybridized carbons (Fsp3) is 0.0667. The van der Waals surface area contributed by atoms with Gasteiger partial charge in [-0.3, -0.25) is 9.46 Å². The molecule has 226 valence electrons. The summed E-state index contributed by atoms with van der Waals surface area (Å²) in [5.74, 6) is -0.579. The Hall–Kier alpha value is -3.57. The minimum absolute atomic E-state index is 0.0452. The van der Waals surface area contributed by atoms with E-state index in [9.17, 15) is 18.1 Å². The van der Waals surface area contributed by atoms with Crippen molar-refractivity contribution >= 4 is 64.4 Å². The van der Waals surface area contributed by atoms with Gasteiger partial charge in [0.1, 0.15) is 0 Å². The van der Waals surface area contributed by atoms with E-state index in [1.807, 2.05) is 24.3 Å². The van der Waals surface area contributed by atoms with Gasteiger partial charge in [-0.25, -0.2) is 9.78 Å². The molecule has 1 heterocycles. The minimum atomic E-state index is -5.77. The van der Waals surface area contributed by atoms with Crippen molar-refractivity contribution in [2.45, 2.75) is 12.2 Å². The summed E-state index contributed by atoms with van der Waals surface area (Å²) in [5.41, 5.74) is -1.65. The summed E-state index contributed by atoms with van der Waals surface area (Å²) in [5, 5.41) is 9.69. The fourth-order valence-electron chi connectivity index (χ4n) is 4.32. The molecule has 44 heavy (non-hydrogen) atoms. The number of rotatable bonds is 9. The Balaban J connectivity index is 1.45. The van der Waals surface area contributed by atoms with E-state index in [0.717, 1.165) is 17.2 Å². The van der Waals surface area contributed by atoms with Crippen LogP contribution in [0.5, 0.6) is 0 Å². The molecule has 8 nitrogen and oxygen atoms in total. The Bertz CT molecular complexity index is 1900. The maximum atomic E-state index is 14.4. The number of anilines is 2. The lowest BCUT2D eigenvalue weighted by molar-refractivity contribution is 0.0557. The Morgan fingerprint density at radius 2 is 1.52 bits per heavy atom. The van der Waals surface area contributed by atoms with E-state index in [1.54, 1.807) is 35.2 Å². The second-order valence-corrected chi connectivity index (χ2v) is 12.9. The number of carbonyl (C=O) groups is 1. The van der Waals surface area contributed by atoms with Crippen LogP contribution in [-0.2, 0) is 16.8 Å². The molecule has 0 bridgehead atoms. The van der Waals surface area contributed by atoms with Crippen LogP contribution in [0.3, 0.4) is 0 Å². The standard InChI is InChI=1S/C30H20BrCl2F2N2O6P/c31-24-13-17(1-11-23(24)30(34,35)44(40,41)42)16-37(22-10-12-25(32)26(33)14-22)29-36-15-27(43-29)20-6-2-18(3-7-20)19-4-8-21(9-5-19)28(38)39/h1-15H,16H2,(H,38,39)(H2,40,41,42). The first-order valence-electron chi connectivity index (χ1n) is 12.6.